The van der Waals surface area contributed by atoms with Crippen molar-refractivity contribution >= 4 is 29.4 Å². The van der Waals surface area contributed by atoms with Gasteiger partial charge in [-0.15, -0.1) is 0 Å². The Hall–Kier alpha value is -2.87. The third-order valence-electron chi connectivity index (χ3n) is 5.67. The van der Waals surface area contributed by atoms with Gasteiger partial charge < -0.3 is 14.7 Å². The van der Waals surface area contributed by atoms with E-state index < -0.39 is 5.54 Å². The van der Waals surface area contributed by atoms with E-state index in [0.29, 0.717) is 60.1 Å². The Bertz CT molecular complexity index is 994. The minimum Gasteiger partial charge on any atom is -0.360 e. The number of urea groups is 1. The highest BCUT2D eigenvalue weighted by atomic mass is 35.5. The average molecular weight is 417 g/mol. The third kappa shape index (κ3) is 3.07. The van der Waals surface area contributed by atoms with Gasteiger partial charge in [-0.2, -0.15) is 0 Å². The van der Waals surface area contributed by atoms with E-state index in [1.165, 1.54) is 4.90 Å². The molecule has 152 valence electrons. The zero-order valence-corrected chi connectivity index (χ0v) is 17.0. The van der Waals surface area contributed by atoms with E-state index in [2.05, 4.69) is 10.5 Å². The van der Waals surface area contributed by atoms with E-state index in [0.717, 1.165) is 0 Å². The summed E-state index contributed by atoms with van der Waals surface area (Å²) in [5.74, 6) is -0.0275. The summed E-state index contributed by atoms with van der Waals surface area (Å²) < 4.78 is 5.30. The first-order chi connectivity index (χ1) is 13.9. The van der Waals surface area contributed by atoms with Crippen molar-refractivity contribution in [1.29, 1.82) is 0 Å². The van der Waals surface area contributed by atoms with Crippen LogP contribution in [0.3, 0.4) is 0 Å². The van der Waals surface area contributed by atoms with E-state index in [1.807, 2.05) is 6.07 Å². The average Bonchev–Trinajstić information content (AvgIpc) is 3.19. The lowest BCUT2D eigenvalue weighted by atomic mass is 9.87. The van der Waals surface area contributed by atoms with Crippen LogP contribution < -0.4 is 5.32 Å². The summed E-state index contributed by atoms with van der Waals surface area (Å²) in [5.41, 5.74) is 0.477. The fourth-order valence-corrected chi connectivity index (χ4v) is 4.24. The molecule has 0 aliphatic carbocycles. The Labute approximate surface area is 172 Å². The van der Waals surface area contributed by atoms with Gasteiger partial charge in [0.05, 0.1) is 5.02 Å². The van der Waals surface area contributed by atoms with E-state index >= 15 is 0 Å². The Kier molecular flexibility index (Phi) is 4.82. The van der Waals surface area contributed by atoms with Crippen molar-refractivity contribution in [3.05, 3.63) is 40.6 Å². The Morgan fingerprint density at radius 1 is 1.28 bits per heavy atom. The highest BCUT2D eigenvalue weighted by Crippen LogP contribution is 2.34. The van der Waals surface area contributed by atoms with Crippen LogP contribution in [0, 0.1) is 6.92 Å². The summed E-state index contributed by atoms with van der Waals surface area (Å²) in [4.78, 5) is 40.9. The second-order valence-corrected chi connectivity index (χ2v) is 7.70. The lowest BCUT2D eigenvalue weighted by molar-refractivity contribution is -0.132. The van der Waals surface area contributed by atoms with Gasteiger partial charge in [-0.05, 0) is 32.8 Å². The van der Waals surface area contributed by atoms with Crippen molar-refractivity contribution in [3.63, 3.8) is 0 Å². The molecule has 8 nitrogen and oxygen atoms in total. The van der Waals surface area contributed by atoms with Gasteiger partial charge in [0.15, 0.2) is 0 Å². The first-order valence-electron chi connectivity index (χ1n) is 9.52. The molecule has 2 fully saturated rings. The number of benzene rings is 1. The van der Waals surface area contributed by atoms with E-state index in [-0.39, 0.29) is 17.8 Å². The normalized spacial score (nSPS) is 18.4. The van der Waals surface area contributed by atoms with Gasteiger partial charge in [-0.3, -0.25) is 14.5 Å². The van der Waals surface area contributed by atoms with Crippen molar-refractivity contribution < 1.29 is 18.9 Å². The molecule has 2 aliphatic rings. The summed E-state index contributed by atoms with van der Waals surface area (Å²) in [6.45, 7) is 4.46. The number of likely N-dealkylation sites (N-methyl/N-ethyl adjacent to an activating group) is 1. The summed E-state index contributed by atoms with van der Waals surface area (Å²) in [5, 5.41) is 7.35. The number of nitrogens with one attached hydrogen (secondary N) is 1. The van der Waals surface area contributed by atoms with Gasteiger partial charge in [0.2, 0.25) is 0 Å². The zero-order valence-electron chi connectivity index (χ0n) is 16.2. The quantitative estimate of drug-likeness (QED) is 0.776. The summed E-state index contributed by atoms with van der Waals surface area (Å²) in [7, 11) is 0. The maximum absolute atomic E-state index is 13.3. The van der Waals surface area contributed by atoms with Gasteiger partial charge in [-0.1, -0.05) is 35.0 Å². The number of aryl methyl sites for hydroxylation is 1. The fraction of sp³-hybridized carbons (Fsp3) is 0.400. The molecule has 0 unspecified atom stereocenters. The molecule has 2 aromatic rings. The standard InChI is InChI=1S/C20H21ClN4O4/c1-3-25-18(27)20(22-19(25)28)8-10-24(11-9-20)17(26)15-12(2)29-23-16(15)13-6-4-5-7-14(13)21/h4-7H,3,8-11H2,1-2H3,(H,22,28). The number of halogens is 1. The fourth-order valence-electron chi connectivity index (χ4n) is 4.01. The van der Waals surface area contributed by atoms with Crippen molar-refractivity contribution in [2.75, 3.05) is 19.6 Å². The molecule has 2 saturated heterocycles. The molecule has 1 aromatic heterocycles. The number of hydrogen-bond acceptors (Lipinski definition) is 5. The molecule has 0 atom stereocenters. The first kappa shape index (κ1) is 19.4. The molecular weight excluding hydrogens is 396 g/mol. The lowest BCUT2D eigenvalue weighted by Crippen LogP contribution is -2.55. The number of rotatable bonds is 3. The third-order valence-corrected chi connectivity index (χ3v) is 6.00. The van der Waals surface area contributed by atoms with Gasteiger partial charge in [-0.25, -0.2) is 4.79 Å². The highest BCUT2D eigenvalue weighted by Gasteiger charge is 2.52. The molecule has 29 heavy (non-hydrogen) atoms. The van der Waals surface area contributed by atoms with Gasteiger partial charge in [0, 0.05) is 25.2 Å². The van der Waals surface area contributed by atoms with Crippen LogP contribution in [0.25, 0.3) is 11.3 Å². The largest absolute Gasteiger partial charge is 0.360 e. The maximum atomic E-state index is 13.3. The van der Waals surface area contributed by atoms with Crippen LogP contribution in [0.4, 0.5) is 4.79 Å². The van der Waals surface area contributed by atoms with Crippen LogP contribution in [0.2, 0.25) is 5.02 Å². The van der Waals surface area contributed by atoms with Crippen molar-refractivity contribution in [1.82, 2.24) is 20.3 Å². The minimum atomic E-state index is -0.918. The molecule has 3 heterocycles. The monoisotopic (exact) mass is 416 g/mol. The van der Waals surface area contributed by atoms with Gasteiger partial charge >= 0.3 is 6.03 Å². The van der Waals surface area contributed by atoms with Crippen LogP contribution in [0.1, 0.15) is 35.9 Å². The molecular formula is C20H21ClN4O4. The number of carbonyl (C=O) groups excluding carboxylic acids is 3. The second-order valence-electron chi connectivity index (χ2n) is 7.30. The topological polar surface area (TPSA) is 95.8 Å². The zero-order chi connectivity index (χ0) is 20.8. The predicted molar refractivity (Wildman–Crippen MR) is 105 cm³/mol. The summed E-state index contributed by atoms with van der Waals surface area (Å²) >= 11 is 6.28. The first-order valence-corrected chi connectivity index (χ1v) is 9.90. The molecule has 0 bridgehead atoms. The SMILES string of the molecule is CCN1C(=O)NC2(CCN(C(=O)c3c(-c4ccccc4Cl)noc3C)CC2)C1=O. The Balaban J connectivity index is 1.56. The molecule has 4 rings (SSSR count). The molecule has 0 radical (unpaired) electrons. The summed E-state index contributed by atoms with van der Waals surface area (Å²) in [6.07, 6.45) is 0.733. The van der Waals surface area contributed by atoms with E-state index in [9.17, 15) is 14.4 Å². The second kappa shape index (κ2) is 7.18. The number of piperidine rings is 1. The number of likely N-dealkylation sites (tertiary alicyclic amines) is 1. The van der Waals surface area contributed by atoms with Crippen LogP contribution in [0.5, 0.6) is 0 Å². The molecule has 1 N–H and O–H groups in total. The predicted octanol–water partition coefficient (Wildman–Crippen LogP) is 2.85. The van der Waals surface area contributed by atoms with E-state index in [4.69, 9.17) is 16.1 Å². The molecule has 2 aliphatic heterocycles. The van der Waals surface area contributed by atoms with Crippen molar-refractivity contribution in [2.24, 2.45) is 0 Å². The van der Waals surface area contributed by atoms with Gasteiger partial charge in [0.1, 0.15) is 22.6 Å². The van der Waals surface area contributed by atoms with Crippen LogP contribution in [-0.2, 0) is 4.79 Å². The maximum Gasteiger partial charge on any atom is 0.325 e. The molecule has 0 saturated carbocycles. The number of imide groups is 1. The van der Waals surface area contributed by atoms with Crippen LogP contribution in [0.15, 0.2) is 28.8 Å². The number of nitrogens with zero attached hydrogens (tertiary/aromatic N) is 3. The van der Waals surface area contributed by atoms with E-state index in [1.54, 1.807) is 36.9 Å². The van der Waals surface area contributed by atoms with Crippen LogP contribution in [-0.4, -0.2) is 58.0 Å². The molecule has 9 heteroatoms. The Morgan fingerprint density at radius 3 is 2.59 bits per heavy atom. The smallest absolute Gasteiger partial charge is 0.325 e. The molecule has 1 spiro atoms. The number of amides is 4. The summed E-state index contributed by atoms with van der Waals surface area (Å²) in [6, 6.07) is 6.77. The Morgan fingerprint density at radius 2 is 1.97 bits per heavy atom. The van der Waals surface area contributed by atoms with Gasteiger partial charge in [0.25, 0.3) is 11.8 Å². The van der Waals surface area contributed by atoms with Crippen LogP contribution >= 0.6 is 11.6 Å². The highest BCUT2D eigenvalue weighted by molar-refractivity contribution is 6.33. The molecule has 4 amide bonds. The minimum absolute atomic E-state index is 0.213. The number of aromatic nitrogens is 1. The molecule has 1 aromatic carbocycles. The number of hydrogen-bond donors (Lipinski definition) is 1. The van der Waals surface area contributed by atoms with Crippen molar-refractivity contribution in [3.8, 4) is 11.3 Å². The number of carbonyl (C=O) groups is 3. The van der Waals surface area contributed by atoms with Crippen molar-refractivity contribution in [2.45, 2.75) is 32.2 Å². The lowest BCUT2D eigenvalue weighted by Gasteiger charge is -2.37.